The zero-order chi connectivity index (χ0) is 15.4. The quantitative estimate of drug-likeness (QED) is 0.475. The summed E-state index contributed by atoms with van der Waals surface area (Å²) in [5.41, 5.74) is 0.349. The van der Waals surface area contributed by atoms with Gasteiger partial charge in [0, 0.05) is 12.8 Å². The van der Waals surface area contributed by atoms with Gasteiger partial charge < -0.3 is 4.74 Å². The average molecular weight is 289 g/mol. The first-order valence-corrected chi connectivity index (χ1v) is 7.21. The van der Waals surface area contributed by atoms with E-state index in [0.717, 1.165) is 17.7 Å². The average Bonchev–Trinajstić information content (AvgIpc) is 2.79. The number of carbonyl (C=O) groups excluding carboxylic acids is 3. The van der Waals surface area contributed by atoms with Crippen LogP contribution in [-0.2, 0) is 14.4 Å². The minimum atomic E-state index is -0.344. The lowest BCUT2D eigenvalue weighted by molar-refractivity contribution is -0.138. The molecule has 1 aromatic carbocycles. The zero-order valence-corrected chi connectivity index (χ0v) is 12.3. The summed E-state index contributed by atoms with van der Waals surface area (Å²) in [4.78, 5) is 36.8. The number of nitrogens with zero attached hydrogens (tertiary/aromatic N) is 1. The number of esters is 1. The van der Waals surface area contributed by atoms with Crippen LogP contribution in [0.1, 0.15) is 39.5 Å². The van der Waals surface area contributed by atoms with Gasteiger partial charge in [-0.2, -0.15) is 0 Å². The minimum Gasteiger partial charge on any atom is -0.424 e. The molecular weight excluding hydrogens is 270 g/mol. The zero-order valence-electron chi connectivity index (χ0n) is 12.3. The van der Waals surface area contributed by atoms with Crippen molar-refractivity contribution in [1.29, 1.82) is 0 Å². The molecule has 2 amide bonds. The lowest BCUT2D eigenvalue weighted by atomic mass is 10.1. The van der Waals surface area contributed by atoms with Gasteiger partial charge in [-0.1, -0.05) is 32.4 Å². The van der Waals surface area contributed by atoms with Gasteiger partial charge in [-0.15, -0.1) is 0 Å². The van der Waals surface area contributed by atoms with E-state index in [1.54, 1.807) is 31.2 Å². The second-order valence-electron chi connectivity index (χ2n) is 5.20. The molecule has 0 spiro atoms. The van der Waals surface area contributed by atoms with E-state index in [2.05, 4.69) is 0 Å². The van der Waals surface area contributed by atoms with Crippen molar-refractivity contribution in [2.24, 2.45) is 5.92 Å². The molecule has 1 aromatic rings. The van der Waals surface area contributed by atoms with Gasteiger partial charge in [0.15, 0.2) is 5.75 Å². The molecule has 0 N–H and O–H groups in total. The van der Waals surface area contributed by atoms with Crippen LogP contribution in [0.5, 0.6) is 5.75 Å². The highest BCUT2D eigenvalue weighted by Gasteiger charge is 2.32. The Morgan fingerprint density at radius 1 is 1.24 bits per heavy atom. The third-order valence-corrected chi connectivity index (χ3v) is 3.49. The van der Waals surface area contributed by atoms with E-state index in [1.807, 2.05) is 6.92 Å². The smallest absolute Gasteiger partial charge is 0.314 e. The maximum Gasteiger partial charge on any atom is 0.314 e. The summed E-state index contributed by atoms with van der Waals surface area (Å²) in [6.07, 6.45) is 2.03. The summed E-state index contributed by atoms with van der Waals surface area (Å²) in [6.45, 7) is 3.81. The van der Waals surface area contributed by atoms with E-state index >= 15 is 0 Å². The van der Waals surface area contributed by atoms with E-state index in [-0.39, 0.29) is 42.3 Å². The van der Waals surface area contributed by atoms with E-state index < -0.39 is 0 Å². The Labute approximate surface area is 123 Å². The minimum absolute atomic E-state index is 0.202. The predicted octanol–water partition coefficient (Wildman–Crippen LogP) is 2.68. The Bertz CT molecular complexity index is 551. The monoisotopic (exact) mass is 289 g/mol. The van der Waals surface area contributed by atoms with Gasteiger partial charge in [-0.3, -0.25) is 14.4 Å². The SMILES string of the molecule is CCCC(C)C(=O)Oc1ccccc1N1C(=O)CCC1=O. The highest BCUT2D eigenvalue weighted by atomic mass is 16.5. The molecule has 0 bridgehead atoms. The Morgan fingerprint density at radius 2 is 1.86 bits per heavy atom. The molecule has 1 unspecified atom stereocenters. The van der Waals surface area contributed by atoms with Crippen LogP contribution in [0.4, 0.5) is 5.69 Å². The van der Waals surface area contributed by atoms with E-state index in [0.29, 0.717) is 5.69 Å². The predicted molar refractivity (Wildman–Crippen MR) is 77.9 cm³/mol. The highest BCUT2D eigenvalue weighted by Crippen LogP contribution is 2.32. The van der Waals surface area contributed by atoms with Crippen LogP contribution in [0, 0.1) is 5.92 Å². The number of ether oxygens (including phenoxy) is 1. The fourth-order valence-corrected chi connectivity index (χ4v) is 2.33. The maximum absolute atomic E-state index is 12.0. The van der Waals surface area contributed by atoms with Crippen LogP contribution in [-0.4, -0.2) is 17.8 Å². The van der Waals surface area contributed by atoms with Gasteiger partial charge in [0.1, 0.15) is 0 Å². The van der Waals surface area contributed by atoms with Gasteiger partial charge in [0.2, 0.25) is 11.8 Å². The summed E-state index contributed by atoms with van der Waals surface area (Å²) >= 11 is 0. The fraction of sp³-hybridized carbons (Fsp3) is 0.438. The molecule has 112 valence electrons. The van der Waals surface area contributed by atoms with Crippen molar-refractivity contribution < 1.29 is 19.1 Å². The molecule has 1 atom stereocenters. The Kier molecular flexibility index (Phi) is 4.73. The molecule has 5 nitrogen and oxygen atoms in total. The van der Waals surface area contributed by atoms with Crippen molar-refractivity contribution in [1.82, 2.24) is 0 Å². The van der Waals surface area contributed by atoms with Crippen LogP contribution >= 0.6 is 0 Å². The van der Waals surface area contributed by atoms with Crippen LogP contribution in [0.25, 0.3) is 0 Å². The number of carbonyl (C=O) groups is 3. The molecule has 5 heteroatoms. The van der Waals surface area contributed by atoms with Crippen LogP contribution in [0.3, 0.4) is 0 Å². The molecule has 1 aliphatic heterocycles. The van der Waals surface area contributed by atoms with E-state index in [1.165, 1.54) is 0 Å². The molecule has 21 heavy (non-hydrogen) atoms. The van der Waals surface area contributed by atoms with Crippen molar-refractivity contribution in [2.45, 2.75) is 39.5 Å². The normalized spacial score (nSPS) is 16.2. The Hall–Kier alpha value is -2.17. The van der Waals surface area contributed by atoms with Crippen LogP contribution < -0.4 is 9.64 Å². The summed E-state index contributed by atoms with van der Waals surface area (Å²) in [6, 6.07) is 6.64. The molecule has 2 rings (SSSR count). The third-order valence-electron chi connectivity index (χ3n) is 3.49. The van der Waals surface area contributed by atoms with Gasteiger partial charge in [-0.25, -0.2) is 4.90 Å². The first-order chi connectivity index (χ1) is 10.0. The second-order valence-corrected chi connectivity index (χ2v) is 5.20. The van der Waals surface area contributed by atoms with Crippen molar-refractivity contribution >= 4 is 23.5 Å². The number of hydrogen-bond donors (Lipinski definition) is 0. The van der Waals surface area contributed by atoms with Crippen molar-refractivity contribution in [2.75, 3.05) is 4.90 Å². The molecule has 0 aromatic heterocycles. The summed E-state index contributed by atoms with van der Waals surface area (Å²) in [5.74, 6) is -0.819. The Morgan fingerprint density at radius 3 is 2.48 bits per heavy atom. The number of benzene rings is 1. The molecule has 0 radical (unpaired) electrons. The second kappa shape index (κ2) is 6.52. The van der Waals surface area contributed by atoms with Crippen molar-refractivity contribution in [3.05, 3.63) is 24.3 Å². The molecule has 1 saturated heterocycles. The number of hydrogen-bond acceptors (Lipinski definition) is 4. The lowest BCUT2D eigenvalue weighted by Gasteiger charge is -2.18. The Balaban J connectivity index is 2.23. The van der Waals surface area contributed by atoms with Crippen LogP contribution in [0.15, 0.2) is 24.3 Å². The largest absolute Gasteiger partial charge is 0.424 e. The number of para-hydroxylation sites is 2. The molecule has 1 aliphatic rings. The summed E-state index contributed by atoms with van der Waals surface area (Å²) < 4.78 is 5.38. The van der Waals surface area contributed by atoms with E-state index in [9.17, 15) is 14.4 Å². The number of amides is 2. The lowest BCUT2D eigenvalue weighted by Crippen LogP contribution is -2.29. The highest BCUT2D eigenvalue weighted by molar-refractivity contribution is 6.20. The summed E-state index contributed by atoms with van der Waals surface area (Å²) in [7, 11) is 0. The third kappa shape index (κ3) is 3.29. The van der Waals surface area contributed by atoms with Crippen LogP contribution in [0.2, 0.25) is 0 Å². The van der Waals surface area contributed by atoms with E-state index in [4.69, 9.17) is 4.74 Å². The number of anilines is 1. The standard InChI is InChI=1S/C16H19NO4/c1-3-6-11(2)16(20)21-13-8-5-4-7-12(13)17-14(18)9-10-15(17)19/h4-5,7-8,11H,3,6,9-10H2,1-2H3. The fourth-order valence-electron chi connectivity index (χ4n) is 2.33. The molecule has 1 fully saturated rings. The maximum atomic E-state index is 12.0. The molecular formula is C16H19NO4. The topological polar surface area (TPSA) is 63.7 Å². The first-order valence-electron chi connectivity index (χ1n) is 7.21. The molecule has 0 saturated carbocycles. The summed E-state index contributed by atoms with van der Waals surface area (Å²) in [5, 5.41) is 0. The first kappa shape index (κ1) is 15.2. The van der Waals surface area contributed by atoms with Crippen molar-refractivity contribution in [3.63, 3.8) is 0 Å². The molecule has 0 aliphatic carbocycles. The number of rotatable bonds is 5. The van der Waals surface area contributed by atoms with Gasteiger partial charge in [-0.05, 0) is 18.6 Å². The van der Waals surface area contributed by atoms with Gasteiger partial charge in [0.05, 0.1) is 11.6 Å². The van der Waals surface area contributed by atoms with Gasteiger partial charge >= 0.3 is 5.97 Å². The number of imide groups is 1. The van der Waals surface area contributed by atoms with Gasteiger partial charge in [0.25, 0.3) is 0 Å². The van der Waals surface area contributed by atoms with Crippen molar-refractivity contribution in [3.8, 4) is 5.75 Å². The molecule has 1 heterocycles.